The molecule has 2 rings (SSSR count). The molecule has 0 aliphatic rings. The second-order valence-electron chi connectivity index (χ2n) is 4.11. The van der Waals surface area contributed by atoms with Crippen LogP contribution in [0.15, 0.2) is 35.4 Å². The van der Waals surface area contributed by atoms with Crippen LogP contribution in [0.25, 0.3) is 10.8 Å². The van der Waals surface area contributed by atoms with Crippen LogP contribution in [0.4, 0.5) is 0 Å². The first kappa shape index (κ1) is 13.7. The van der Waals surface area contributed by atoms with Crippen LogP contribution in [-0.2, 0) is 4.79 Å². The molecule has 0 unspecified atom stereocenters. The first-order valence-corrected chi connectivity index (χ1v) is 5.91. The lowest BCUT2D eigenvalue weighted by molar-refractivity contribution is -0.119. The van der Waals surface area contributed by atoms with Crippen molar-refractivity contribution in [3.63, 3.8) is 0 Å². The van der Waals surface area contributed by atoms with E-state index in [9.17, 15) is 4.79 Å². The molecule has 0 aliphatic carbocycles. The predicted molar refractivity (Wildman–Crippen MR) is 77.0 cm³/mol. The molecule has 0 bridgehead atoms. The summed E-state index contributed by atoms with van der Waals surface area (Å²) in [6.45, 7) is -0.218. The van der Waals surface area contributed by atoms with E-state index in [4.69, 9.17) is 21.1 Å². The molecule has 4 N–H and O–H groups in total. The number of ether oxygens (including phenoxy) is 2. The van der Waals surface area contributed by atoms with Crippen LogP contribution in [0.3, 0.4) is 0 Å². The Kier molecular flexibility index (Phi) is 4.05. The first-order valence-electron chi connectivity index (χ1n) is 5.91. The van der Waals surface area contributed by atoms with E-state index >= 15 is 0 Å². The lowest BCUT2D eigenvalue weighted by atomic mass is 10.1. The molecule has 2 aromatic rings. The Morgan fingerprint density at radius 3 is 2.75 bits per heavy atom. The fourth-order valence-corrected chi connectivity index (χ4v) is 1.91. The maximum absolute atomic E-state index is 10.9. The van der Waals surface area contributed by atoms with Gasteiger partial charge >= 0.3 is 0 Å². The lowest BCUT2D eigenvalue weighted by Crippen LogP contribution is -2.20. The fourth-order valence-electron chi connectivity index (χ4n) is 1.91. The van der Waals surface area contributed by atoms with Crippen molar-refractivity contribution in [2.45, 2.75) is 0 Å². The van der Waals surface area contributed by atoms with Gasteiger partial charge in [0.15, 0.2) is 18.1 Å². The number of hydrogen-bond acceptors (Lipinski definition) is 5. The fraction of sp³-hybridized carbons (Fsp3) is 0.143. The zero-order valence-corrected chi connectivity index (χ0v) is 11.0. The van der Waals surface area contributed by atoms with Gasteiger partial charge in [-0.15, -0.1) is 0 Å². The van der Waals surface area contributed by atoms with Crippen molar-refractivity contribution in [1.82, 2.24) is 0 Å². The molecule has 0 aromatic heterocycles. The number of nitrogens with two attached hydrogens (primary N) is 2. The van der Waals surface area contributed by atoms with E-state index in [1.54, 1.807) is 6.07 Å². The monoisotopic (exact) mass is 273 g/mol. The Morgan fingerprint density at radius 1 is 1.35 bits per heavy atom. The van der Waals surface area contributed by atoms with E-state index in [0.29, 0.717) is 11.5 Å². The smallest absolute Gasteiger partial charge is 0.255 e. The van der Waals surface area contributed by atoms with Gasteiger partial charge in [0.25, 0.3) is 5.91 Å². The maximum atomic E-state index is 10.9. The van der Waals surface area contributed by atoms with Gasteiger partial charge in [-0.3, -0.25) is 4.79 Å². The topological polar surface area (TPSA) is 99.9 Å². The number of rotatable bonds is 5. The average Bonchev–Trinajstić information content (AvgIpc) is 2.44. The summed E-state index contributed by atoms with van der Waals surface area (Å²) in [4.78, 5) is 10.9. The van der Waals surface area contributed by atoms with E-state index in [2.05, 4.69) is 5.10 Å². The number of primary amides is 1. The molecule has 104 valence electrons. The normalized spacial score (nSPS) is 10.8. The second-order valence-corrected chi connectivity index (χ2v) is 4.11. The molecular weight excluding hydrogens is 258 g/mol. The SMILES string of the molecule is COc1ccc2ccc(C=NN)cc2c1OCC(N)=O. The highest BCUT2D eigenvalue weighted by molar-refractivity contribution is 5.95. The third-order valence-electron chi connectivity index (χ3n) is 2.76. The van der Waals surface area contributed by atoms with Crippen LogP contribution in [0.1, 0.15) is 5.56 Å². The standard InChI is InChI=1S/C14H15N3O3/c1-19-12-5-4-10-3-2-9(7-17-16)6-11(10)14(12)20-8-13(15)18/h2-7H,8,16H2,1H3,(H2,15,18). The van der Waals surface area contributed by atoms with E-state index in [1.165, 1.54) is 13.3 Å². The predicted octanol–water partition coefficient (Wildman–Crippen LogP) is 1.01. The lowest BCUT2D eigenvalue weighted by Gasteiger charge is -2.13. The number of fused-ring (bicyclic) bond motifs is 1. The third-order valence-corrected chi connectivity index (χ3v) is 2.76. The minimum atomic E-state index is -0.552. The molecule has 6 heteroatoms. The van der Waals surface area contributed by atoms with Crippen molar-refractivity contribution in [2.75, 3.05) is 13.7 Å². The molecule has 0 saturated carbocycles. The van der Waals surface area contributed by atoms with Gasteiger partial charge in [-0.05, 0) is 23.1 Å². The zero-order chi connectivity index (χ0) is 14.5. The molecule has 0 radical (unpaired) electrons. The highest BCUT2D eigenvalue weighted by Gasteiger charge is 2.11. The highest BCUT2D eigenvalue weighted by Crippen LogP contribution is 2.35. The highest BCUT2D eigenvalue weighted by atomic mass is 16.5. The van der Waals surface area contributed by atoms with Crippen molar-refractivity contribution < 1.29 is 14.3 Å². The quantitative estimate of drug-likeness (QED) is 0.482. The van der Waals surface area contributed by atoms with Crippen LogP contribution < -0.4 is 21.1 Å². The molecule has 6 nitrogen and oxygen atoms in total. The van der Waals surface area contributed by atoms with Gasteiger partial charge in [-0.25, -0.2) is 0 Å². The van der Waals surface area contributed by atoms with Gasteiger partial charge < -0.3 is 21.1 Å². The summed E-state index contributed by atoms with van der Waals surface area (Å²) in [6.07, 6.45) is 1.52. The summed E-state index contributed by atoms with van der Waals surface area (Å²) in [5.41, 5.74) is 5.93. The number of hydrazone groups is 1. The summed E-state index contributed by atoms with van der Waals surface area (Å²) in [5.74, 6) is 5.59. The molecule has 0 atom stereocenters. The van der Waals surface area contributed by atoms with Crippen LogP contribution in [0.2, 0.25) is 0 Å². The van der Waals surface area contributed by atoms with Gasteiger partial charge in [0.05, 0.1) is 13.3 Å². The van der Waals surface area contributed by atoms with Crippen molar-refractivity contribution >= 4 is 22.9 Å². The van der Waals surface area contributed by atoms with Crippen molar-refractivity contribution in [1.29, 1.82) is 0 Å². The summed E-state index contributed by atoms with van der Waals surface area (Å²) in [5, 5.41) is 5.23. The molecule has 1 amide bonds. The van der Waals surface area contributed by atoms with Crippen molar-refractivity contribution in [3.8, 4) is 11.5 Å². The average molecular weight is 273 g/mol. The Morgan fingerprint density at radius 2 is 2.10 bits per heavy atom. The molecule has 0 aliphatic heterocycles. The molecule has 0 fully saturated rings. The first-order chi connectivity index (χ1) is 9.65. The van der Waals surface area contributed by atoms with Crippen molar-refractivity contribution in [2.24, 2.45) is 16.7 Å². The van der Waals surface area contributed by atoms with E-state index in [-0.39, 0.29) is 6.61 Å². The maximum Gasteiger partial charge on any atom is 0.255 e. The van der Waals surface area contributed by atoms with Crippen LogP contribution >= 0.6 is 0 Å². The van der Waals surface area contributed by atoms with Gasteiger partial charge in [0, 0.05) is 5.39 Å². The van der Waals surface area contributed by atoms with Crippen LogP contribution in [0.5, 0.6) is 11.5 Å². The molecule has 2 aromatic carbocycles. The molecular formula is C14H15N3O3. The largest absolute Gasteiger partial charge is 0.493 e. The van der Waals surface area contributed by atoms with E-state index in [1.807, 2.05) is 24.3 Å². The molecule has 0 spiro atoms. The van der Waals surface area contributed by atoms with Crippen LogP contribution in [-0.4, -0.2) is 25.8 Å². The Balaban J connectivity index is 2.57. The summed E-state index contributed by atoms with van der Waals surface area (Å²) in [6, 6.07) is 9.31. The minimum Gasteiger partial charge on any atom is -0.493 e. The Labute approximate surface area is 116 Å². The third kappa shape index (κ3) is 2.80. The minimum absolute atomic E-state index is 0.218. The second kappa shape index (κ2) is 5.92. The van der Waals surface area contributed by atoms with Crippen LogP contribution in [0, 0.1) is 0 Å². The van der Waals surface area contributed by atoms with Gasteiger partial charge in [0.2, 0.25) is 0 Å². The number of amides is 1. The number of carbonyl (C=O) groups is 1. The number of benzene rings is 2. The van der Waals surface area contributed by atoms with Gasteiger partial charge in [-0.1, -0.05) is 18.2 Å². The molecule has 0 saturated heterocycles. The van der Waals surface area contributed by atoms with Gasteiger partial charge in [-0.2, -0.15) is 5.10 Å². The zero-order valence-electron chi connectivity index (χ0n) is 11.0. The summed E-state index contributed by atoms with van der Waals surface area (Å²) in [7, 11) is 1.53. The Bertz CT molecular complexity index is 668. The molecule has 20 heavy (non-hydrogen) atoms. The molecule has 0 heterocycles. The summed E-state index contributed by atoms with van der Waals surface area (Å²) >= 11 is 0. The number of methoxy groups -OCH3 is 1. The van der Waals surface area contributed by atoms with E-state index in [0.717, 1.165) is 16.3 Å². The number of carbonyl (C=O) groups excluding carboxylic acids is 1. The number of hydrogen-bond donors (Lipinski definition) is 2. The van der Waals surface area contributed by atoms with Crippen molar-refractivity contribution in [3.05, 3.63) is 35.9 Å². The number of nitrogens with zero attached hydrogens (tertiary/aromatic N) is 1. The Hall–Kier alpha value is -2.76. The van der Waals surface area contributed by atoms with E-state index < -0.39 is 5.91 Å². The summed E-state index contributed by atoms with van der Waals surface area (Å²) < 4.78 is 10.7. The van der Waals surface area contributed by atoms with Gasteiger partial charge in [0.1, 0.15) is 0 Å².